The lowest BCUT2D eigenvalue weighted by molar-refractivity contribution is 0.0890. The molecule has 6 heteroatoms. The lowest BCUT2D eigenvalue weighted by atomic mass is 9.91. The highest BCUT2D eigenvalue weighted by Crippen LogP contribution is 2.41. The second-order valence-corrected chi connectivity index (χ2v) is 11.0. The van der Waals surface area contributed by atoms with E-state index in [1.54, 1.807) is 37.4 Å². The molecule has 1 aliphatic rings. The number of ether oxygens (including phenoxy) is 2. The van der Waals surface area contributed by atoms with Crippen LogP contribution in [0.4, 0.5) is 0 Å². The van der Waals surface area contributed by atoms with E-state index < -0.39 is 5.92 Å². The van der Waals surface area contributed by atoms with Crippen LogP contribution in [-0.4, -0.2) is 28.6 Å². The third-order valence-corrected chi connectivity index (χ3v) is 8.30. The summed E-state index contributed by atoms with van der Waals surface area (Å²) in [6.45, 7) is 0.367. The van der Waals surface area contributed by atoms with Gasteiger partial charge in [-0.15, -0.1) is 0 Å². The highest BCUT2D eigenvalue weighted by Gasteiger charge is 2.41. The fraction of sp³-hybridized carbons (Fsp3) is 0.132. The number of Topliss-reactive ketones (excluding diaryl/α,β-unsaturated/α-hetero) is 2. The second kappa shape index (κ2) is 11.7. The fourth-order valence-corrected chi connectivity index (χ4v) is 6.07. The van der Waals surface area contributed by atoms with Gasteiger partial charge >= 0.3 is 0 Å². The smallest absolute Gasteiger partial charge is 0.179 e. The van der Waals surface area contributed by atoms with Crippen LogP contribution in [0.2, 0.25) is 0 Å². The number of fused-ring (bicyclic) bond motifs is 2. The number of nitrogens with one attached hydrogen (secondary N) is 1. The second-order valence-electron chi connectivity index (χ2n) is 11.0. The van der Waals surface area contributed by atoms with Crippen molar-refractivity contribution in [3.63, 3.8) is 0 Å². The highest BCUT2D eigenvalue weighted by atomic mass is 16.5. The number of carbonyl (C=O) groups excluding carboxylic acids is 2. The Morgan fingerprint density at radius 2 is 1.41 bits per heavy atom. The molecule has 1 N–H and O–H groups in total. The zero-order chi connectivity index (χ0) is 30.0. The van der Waals surface area contributed by atoms with Crippen molar-refractivity contribution in [1.82, 2.24) is 9.97 Å². The number of imidazole rings is 1. The molecule has 6 nitrogen and oxygen atoms in total. The molecule has 1 aliphatic carbocycles. The lowest BCUT2D eigenvalue weighted by Crippen LogP contribution is -2.13. The van der Waals surface area contributed by atoms with Gasteiger partial charge in [0.1, 0.15) is 35.4 Å². The standard InChI is InChI=1S/C38H30N2O4/c1-43-32-20-19-29(33-36(41)28-18-17-27(22-31(28)37(33)42)44-23-25-13-7-3-8-14-25)34-35(32)40-38(39-34)30(26-15-9-4-10-16-26)21-24-11-5-2-6-12-24/h2-20,22,30,33H,21,23H2,1H3,(H,39,40). The number of aromatic amines is 1. The van der Waals surface area contributed by atoms with Gasteiger partial charge in [-0.1, -0.05) is 97.1 Å². The summed E-state index contributed by atoms with van der Waals surface area (Å²) in [6.07, 6.45) is 0.723. The van der Waals surface area contributed by atoms with Crippen molar-refractivity contribution in [2.45, 2.75) is 24.9 Å². The van der Waals surface area contributed by atoms with E-state index in [-0.39, 0.29) is 17.5 Å². The van der Waals surface area contributed by atoms with Gasteiger partial charge in [-0.05, 0) is 52.9 Å². The number of benzene rings is 5. The molecular formula is C38H30N2O4. The quantitative estimate of drug-likeness (QED) is 0.178. The van der Waals surface area contributed by atoms with Gasteiger partial charge < -0.3 is 14.5 Å². The number of hydrogen-bond acceptors (Lipinski definition) is 5. The van der Waals surface area contributed by atoms with Crippen LogP contribution in [0.1, 0.15) is 60.6 Å². The Hall–Kier alpha value is -5.49. The first-order chi connectivity index (χ1) is 21.6. The van der Waals surface area contributed by atoms with E-state index in [1.165, 1.54) is 5.56 Å². The molecule has 2 unspecified atom stereocenters. The topological polar surface area (TPSA) is 81.3 Å². The number of aromatic nitrogens is 2. The normalized spacial score (nSPS) is 14.9. The maximum atomic E-state index is 13.9. The molecule has 0 bridgehead atoms. The molecule has 44 heavy (non-hydrogen) atoms. The maximum absolute atomic E-state index is 13.9. The molecule has 216 valence electrons. The van der Waals surface area contributed by atoms with Crippen molar-refractivity contribution >= 4 is 22.6 Å². The average molecular weight is 579 g/mol. The predicted octanol–water partition coefficient (Wildman–Crippen LogP) is 7.69. The average Bonchev–Trinajstić information content (AvgIpc) is 3.62. The number of nitrogens with zero attached hydrogens (tertiary/aromatic N) is 1. The monoisotopic (exact) mass is 578 g/mol. The number of hydrogen-bond donors (Lipinski definition) is 1. The Balaban J connectivity index is 1.26. The van der Waals surface area contributed by atoms with Crippen LogP contribution in [0, 0.1) is 0 Å². The van der Waals surface area contributed by atoms with Crippen LogP contribution in [0.15, 0.2) is 121 Å². The van der Waals surface area contributed by atoms with Crippen LogP contribution in [0.25, 0.3) is 11.0 Å². The Morgan fingerprint density at radius 3 is 2.11 bits per heavy atom. The van der Waals surface area contributed by atoms with Crippen molar-refractivity contribution < 1.29 is 19.1 Å². The number of H-pyrrole nitrogens is 1. The highest BCUT2D eigenvalue weighted by molar-refractivity contribution is 6.30. The lowest BCUT2D eigenvalue weighted by Gasteiger charge is -2.15. The SMILES string of the molecule is COc1ccc(C2C(=O)c3ccc(OCc4ccccc4)cc3C2=O)c2nc(C(Cc3ccccc3)c3ccccc3)[nH]c12. The molecule has 0 amide bonds. The number of carbonyl (C=O) groups is 2. The zero-order valence-corrected chi connectivity index (χ0v) is 24.2. The van der Waals surface area contributed by atoms with Gasteiger partial charge in [-0.3, -0.25) is 9.59 Å². The number of rotatable bonds is 9. The van der Waals surface area contributed by atoms with E-state index in [0.717, 1.165) is 23.4 Å². The van der Waals surface area contributed by atoms with E-state index in [2.05, 4.69) is 29.2 Å². The van der Waals surface area contributed by atoms with Gasteiger partial charge in [-0.25, -0.2) is 4.98 Å². The third kappa shape index (κ3) is 5.05. The first-order valence-electron chi connectivity index (χ1n) is 14.7. The van der Waals surface area contributed by atoms with Gasteiger partial charge in [0.05, 0.1) is 12.6 Å². The minimum Gasteiger partial charge on any atom is -0.494 e. The molecule has 7 rings (SSSR count). The van der Waals surface area contributed by atoms with Crippen molar-refractivity contribution in [2.24, 2.45) is 0 Å². The summed E-state index contributed by atoms with van der Waals surface area (Å²) < 4.78 is 11.7. The summed E-state index contributed by atoms with van der Waals surface area (Å²) in [6, 6.07) is 39.0. The van der Waals surface area contributed by atoms with Gasteiger partial charge in [0, 0.05) is 17.0 Å². The Morgan fingerprint density at radius 1 is 0.750 bits per heavy atom. The molecule has 1 heterocycles. The molecule has 5 aromatic carbocycles. The molecule has 0 saturated carbocycles. The molecule has 0 saturated heterocycles. The van der Waals surface area contributed by atoms with E-state index in [0.29, 0.717) is 45.8 Å². The van der Waals surface area contributed by atoms with E-state index in [1.807, 2.05) is 66.7 Å². The van der Waals surface area contributed by atoms with E-state index in [9.17, 15) is 9.59 Å². The van der Waals surface area contributed by atoms with Crippen molar-refractivity contribution in [3.05, 3.63) is 161 Å². The van der Waals surface area contributed by atoms with Gasteiger partial charge in [0.2, 0.25) is 0 Å². The van der Waals surface area contributed by atoms with Crippen LogP contribution >= 0.6 is 0 Å². The molecule has 1 aromatic heterocycles. The van der Waals surface area contributed by atoms with Crippen molar-refractivity contribution in [2.75, 3.05) is 7.11 Å². The summed E-state index contributed by atoms with van der Waals surface area (Å²) >= 11 is 0. The number of ketones is 2. The van der Waals surface area contributed by atoms with Gasteiger partial charge in [-0.2, -0.15) is 0 Å². The predicted molar refractivity (Wildman–Crippen MR) is 170 cm³/mol. The number of methoxy groups -OCH3 is 1. The molecular weight excluding hydrogens is 548 g/mol. The van der Waals surface area contributed by atoms with Crippen LogP contribution in [-0.2, 0) is 13.0 Å². The fourth-order valence-electron chi connectivity index (χ4n) is 6.07. The minimum absolute atomic E-state index is 0.0833. The van der Waals surface area contributed by atoms with Crippen LogP contribution in [0.3, 0.4) is 0 Å². The van der Waals surface area contributed by atoms with E-state index in [4.69, 9.17) is 14.5 Å². The van der Waals surface area contributed by atoms with Crippen LogP contribution < -0.4 is 9.47 Å². The molecule has 2 atom stereocenters. The Kier molecular flexibility index (Phi) is 7.24. The summed E-state index contributed by atoms with van der Waals surface area (Å²) in [4.78, 5) is 36.3. The van der Waals surface area contributed by atoms with Gasteiger partial charge in [0.15, 0.2) is 11.6 Å². The summed E-state index contributed by atoms with van der Waals surface area (Å²) in [7, 11) is 1.60. The third-order valence-electron chi connectivity index (χ3n) is 8.30. The molecule has 0 radical (unpaired) electrons. The minimum atomic E-state index is -0.997. The first-order valence-corrected chi connectivity index (χ1v) is 14.7. The zero-order valence-electron chi connectivity index (χ0n) is 24.2. The molecule has 0 spiro atoms. The summed E-state index contributed by atoms with van der Waals surface area (Å²) in [5.41, 5.74) is 5.87. The van der Waals surface area contributed by atoms with Crippen LogP contribution in [0.5, 0.6) is 11.5 Å². The largest absolute Gasteiger partial charge is 0.494 e. The Bertz CT molecular complexity index is 1970. The molecule has 6 aromatic rings. The summed E-state index contributed by atoms with van der Waals surface area (Å²) in [5, 5.41) is 0. The summed E-state index contributed by atoms with van der Waals surface area (Å²) in [5.74, 6) is 0.315. The maximum Gasteiger partial charge on any atom is 0.179 e. The van der Waals surface area contributed by atoms with Crippen molar-refractivity contribution in [3.8, 4) is 11.5 Å². The molecule has 0 aliphatic heterocycles. The van der Waals surface area contributed by atoms with Crippen molar-refractivity contribution in [1.29, 1.82) is 0 Å². The molecule has 0 fully saturated rings. The first kappa shape index (κ1) is 27.3. The Labute approximate surface area is 255 Å². The van der Waals surface area contributed by atoms with Gasteiger partial charge in [0.25, 0.3) is 0 Å². The van der Waals surface area contributed by atoms with E-state index >= 15 is 0 Å².